The second-order valence-electron chi connectivity index (χ2n) is 5.56. The van der Waals surface area contributed by atoms with Gasteiger partial charge in [0.25, 0.3) is 0 Å². The van der Waals surface area contributed by atoms with Crippen molar-refractivity contribution in [1.82, 2.24) is 4.90 Å². The Balaban J connectivity index is 2.16. The third-order valence-electron chi connectivity index (χ3n) is 4.66. The molecule has 2 N–H and O–H groups in total. The van der Waals surface area contributed by atoms with Crippen LogP contribution in [0.3, 0.4) is 0 Å². The molecule has 0 heterocycles. The molecule has 2 aliphatic rings. The average molecular weight is 196 g/mol. The highest BCUT2D eigenvalue weighted by Gasteiger charge is 2.56. The van der Waals surface area contributed by atoms with Crippen molar-refractivity contribution in [2.45, 2.75) is 58.0 Å². The number of rotatable bonds is 5. The van der Waals surface area contributed by atoms with E-state index in [2.05, 4.69) is 25.7 Å². The molecule has 2 fully saturated rings. The van der Waals surface area contributed by atoms with Gasteiger partial charge < -0.3 is 5.73 Å². The van der Waals surface area contributed by atoms with Crippen LogP contribution in [-0.2, 0) is 0 Å². The molecule has 2 rings (SSSR count). The zero-order chi connectivity index (χ0) is 10.4. The Hall–Kier alpha value is -0.0800. The molecule has 2 aliphatic carbocycles. The topological polar surface area (TPSA) is 29.3 Å². The number of likely N-dealkylation sites (N-methyl/N-ethyl adjacent to an activating group) is 1. The molecule has 0 saturated heterocycles. The van der Waals surface area contributed by atoms with Crippen molar-refractivity contribution >= 4 is 0 Å². The Morgan fingerprint density at radius 1 is 1.43 bits per heavy atom. The highest BCUT2D eigenvalue weighted by atomic mass is 15.3. The van der Waals surface area contributed by atoms with Crippen molar-refractivity contribution in [1.29, 1.82) is 0 Å². The van der Waals surface area contributed by atoms with Gasteiger partial charge in [-0.3, -0.25) is 4.90 Å². The number of nitrogens with two attached hydrogens (primary N) is 1. The van der Waals surface area contributed by atoms with Gasteiger partial charge in [-0.15, -0.1) is 0 Å². The fourth-order valence-corrected chi connectivity index (χ4v) is 2.83. The molecule has 0 bridgehead atoms. The minimum atomic E-state index is 0.253. The maximum atomic E-state index is 6.03. The molecule has 14 heavy (non-hydrogen) atoms. The summed E-state index contributed by atoms with van der Waals surface area (Å²) in [6.45, 7) is 9.03. The van der Waals surface area contributed by atoms with Crippen molar-refractivity contribution in [2.75, 3.05) is 13.1 Å². The van der Waals surface area contributed by atoms with Gasteiger partial charge in [-0.25, -0.2) is 0 Å². The van der Waals surface area contributed by atoms with Gasteiger partial charge in [0.1, 0.15) is 0 Å². The first-order valence-electron chi connectivity index (χ1n) is 6.04. The molecule has 2 saturated carbocycles. The summed E-state index contributed by atoms with van der Waals surface area (Å²) in [5.41, 5.74) is 6.79. The molecule has 0 amide bonds. The first-order chi connectivity index (χ1) is 6.57. The molecule has 0 aromatic carbocycles. The van der Waals surface area contributed by atoms with Crippen molar-refractivity contribution in [2.24, 2.45) is 11.1 Å². The molecule has 82 valence electrons. The first-order valence-corrected chi connectivity index (χ1v) is 6.04. The molecule has 0 aromatic heterocycles. The lowest BCUT2D eigenvalue weighted by Crippen LogP contribution is -2.57. The van der Waals surface area contributed by atoms with Crippen LogP contribution in [0, 0.1) is 5.41 Å². The van der Waals surface area contributed by atoms with Crippen LogP contribution in [0.1, 0.15) is 46.5 Å². The van der Waals surface area contributed by atoms with Crippen molar-refractivity contribution in [3.63, 3.8) is 0 Å². The summed E-state index contributed by atoms with van der Waals surface area (Å²) >= 11 is 0. The van der Waals surface area contributed by atoms with Crippen LogP contribution in [0.25, 0.3) is 0 Å². The lowest BCUT2D eigenvalue weighted by molar-refractivity contribution is 0.0447. The Morgan fingerprint density at radius 2 is 2.00 bits per heavy atom. The van der Waals surface area contributed by atoms with E-state index in [1.54, 1.807) is 0 Å². The smallest absolute Gasteiger partial charge is 0.0359 e. The largest absolute Gasteiger partial charge is 0.329 e. The zero-order valence-corrected chi connectivity index (χ0v) is 9.84. The van der Waals surface area contributed by atoms with E-state index in [1.165, 1.54) is 25.7 Å². The van der Waals surface area contributed by atoms with E-state index in [1.807, 2.05) is 0 Å². The molecule has 0 spiro atoms. The molecule has 0 aliphatic heterocycles. The van der Waals surface area contributed by atoms with Gasteiger partial charge in [0, 0.05) is 18.1 Å². The third-order valence-corrected chi connectivity index (χ3v) is 4.66. The van der Waals surface area contributed by atoms with Gasteiger partial charge in [-0.05, 0) is 44.6 Å². The Kier molecular flexibility index (Phi) is 2.39. The fourth-order valence-electron chi connectivity index (χ4n) is 2.83. The summed E-state index contributed by atoms with van der Waals surface area (Å²) in [7, 11) is 0. The van der Waals surface area contributed by atoms with Crippen LogP contribution in [0.5, 0.6) is 0 Å². The Bertz CT molecular complexity index is 218. The number of hydrogen-bond acceptors (Lipinski definition) is 2. The minimum absolute atomic E-state index is 0.253. The van der Waals surface area contributed by atoms with Crippen LogP contribution >= 0.6 is 0 Å². The Labute approximate surface area is 87.8 Å². The summed E-state index contributed by atoms with van der Waals surface area (Å²) in [4.78, 5) is 2.67. The normalized spacial score (nSPS) is 28.9. The predicted molar refractivity (Wildman–Crippen MR) is 60.2 cm³/mol. The minimum Gasteiger partial charge on any atom is -0.329 e. The molecule has 1 unspecified atom stereocenters. The van der Waals surface area contributed by atoms with Crippen molar-refractivity contribution < 1.29 is 0 Å². The molecule has 0 aromatic rings. The van der Waals surface area contributed by atoms with Gasteiger partial charge >= 0.3 is 0 Å². The van der Waals surface area contributed by atoms with E-state index in [9.17, 15) is 0 Å². The summed E-state index contributed by atoms with van der Waals surface area (Å²) in [5.74, 6) is 0. The quantitative estimate of drug-likeness (QED) is 0.728. The van der Waals surface area contributed by atoms with Crippen LogP contribution in [0.15, 0.2) is 0 Å². The maximum absolute atomic E-state index is 6.03. The Morgan fingerprint density at radius 3 is 2.29 bits per heavy atom. The van der Waals surface area contributed by atoms with Crippen LogP contribution in [-0.4, -0.2) is 29.6 Å². The molecule has 2 heteroatoms. The molecular weight excluding hydrogens is 172 g/mol. The van der Waals surface area contributed by atoms with Crippen molar-refractivity contribution in [3.05, 3.63) is 0 Å². The van der Waals surface area contributed by atoms with Crippen LogP contribution in [0.2, 0.25) is 0 Å². The van der Waals surface area contributed by atoms with E-state index in [-0.39, 0.29) is 5.54 Å². The standard InChI is InChI=1S/C12H24N2/c1-4-14(10-5-6-10)12(3,9-13)11(2)7-8-11/h10H,4-9,13H2,1-3H3. The summed E-state index contributed by atoms with van der Waals surface area (Å²) in [5, 5.41) is 0. The van der Waals surface area contributed by atoms with E-state index in [0.717, 1.165) is 19.1 Å². The molecule has 1 atom stereocenters. The van der Waals surface area contributed by atoms with Gasteiger partial charge in [-0.2, -0.15) is 0 Å². The van der Waals surface area contributed by atoms with E-state index in [4.69, 9.17) is 5.73 Å². The van der Waals surface area contributed by atoms with Gasteiger partial charge in [0.2, 0.25) is 0 Å². The number of nitrogens with zero attached hydrogens (tertiary/aromatic N) is 1. The van der Waals surface area contributed by atoms with Gasteiger partial charge in [0.15, 0.2) is 0 Å². The highest BCUT2D eigenvalue weighted by Crippen LogP contribution is 2.57. The number of hydrogen-bond donors (Lipinski definition) is 1. The summed E-state index contributed by atoms with van der Waals surface area (Å²) in [6.07, 6.45) is 5.51. The zero-order valence-electron chi connectivity index (χ0n) is 9.84. The fraction of sp³-hybridized carbons (Fsp3) is 1.00. The lowest BCUT2D eigenvalue weighted by Gasteiger charge is -2.45. The highest BCUT2D eigenvalue weighted by molar-refractivity contribution is 5.11. The second-order valence-corrected chi connectivity index (χ2v) is 5.56. The van der Waals surface area contributed by atoms with Crippen LogP contribution in [0.4, 0.5) is 0 Å². The predicted octanol–water partition coefficient (Wildman–Crippen LogP) is 1.99. The SMILES string of the molecule is CCN(C1CC1)C(C)(CN)C1(C)CC1. The van der Waals surface area contributed by atoms with Gasteiger partial charge in [0.05, 0.1) is 0 Å². The summed E-state index contributed by atoms with van der Waals surface area (Å²) < 4.78 is 0. The first kappa shape index (κ1) is 10.4. The average Bonchev–Trinajstić information content (AvgIpc) is 3.02. The summed E-state index contributed by atoms with van der Waals surface area (Å²) in [6, 6.07) is 0.839. The maximum Gasteiger partial charge on any atom is 0.0359 e. The van der Waals surface area contributed by atoms with Crippen LogP contribution < -0.4 is 5.73 Å². The third kappa shape index (κ3) is 1.40. The van der Waals surface area contributed by atoms with E-state index < -0.39 is 0 Å². The van der Waals surface area contributed by atoms with E-state index in [0.29, 0.717) is 5.41 Å². The lowest BCUT2D eigenvalue weighted by atomic mass is 9.82. The molecule has 0 radical (unpaired) electrons. The van der Waals surface area contributed by atoms with Gasteiger partial charge in [-0.1, -0.05) is 13.8 Å². The molecule has 2 nitrogen and oxygen atoms in total. The monoisotopic (exact) mass is 196 g/mol. The van der Waals surface area contributed by atoms with Crippen molar-refractivity contribution in [3.8, 4) is 0 Å². The van der Waals surface area contributed by atoms with E-state index >= 15 is 0 Å². The second kappa shape index (κ2) is 3.21. The molecular formula is C12H24N2.